The first-order chi connectivity index (χ1) is 18.8. The fourth-order valence-corrected chi connectivity index (χ4v) is 4.69. The number of nitrogens with one attached hydrogen (secondary N) is 2. The van der Waals surface area contributed by atoms with E-state index in [-0.39, 0.29) is 11.8 Å². The van der Waals surface area contributed by atoms with Gasteiger partial charge in [-0.2, -0.15) is 0 Å². The van der Waals surface area contributed by atoms with E-state index in [1.807, 2.05) is 48.7 Å². The van der Waals surface area contributed by atoms with Gasteiger partial charge in [-0.25, -0.2) is 0 Å². The first kappa shape index (κ1) is 30.3. The van der Waals surface area contributed by atoms with Gasteiger partial charge in [-0.05, 0) is 56.6 Å². The Morgan fingerprint density at radius 2 is 1.72 bits per heavy atom. The van der Waals surface area contributed by atoms with Crippen molar-refractivity contribution >= 4 is 23.2 Å². The number of hydrogen-bond donors (Lipinski definition) is 3. The van der Waals surface area contributed by atoms with Gasteiger partial charge >= 0.3 is 0 Å². The molecule has 1 heterocycles. The van der Waals surface area contributed by atoms with Crippen molar-refractivity contribution in [1.29, 1.82) is 5.41 Å². The summed E-state index contributed by atoms with van der Waals surface area (Å²) < 4.78 is 7.38. The number of nitrogens with two attached hydrogens (primary N) is 1. The van der Waals surface area contributed by atoms with E-state index in [0.29, 0.717) is 46.7 Å². The number of nitrogens with zero attached hydrogens (tertiary/aromatic N) is 3. The van der Waals surface area contributed by atoms with Crippen molar-refractivity contribution in [2.45, 2.75) is 65.2 Å². The Bertz CT molecular complexity index is 1220. The Balaban J connectivity index is 1.68. The summed E-state index contributed by atoms with van der Waals surface area (Å²) in [5, 5.41) is 21.3. The Morgan fingerprint density at radius 1 is 1.05 bits per heavy atom. The fourth-order valence-electron chi connectivity index (χ4n) is 4.57. The van der Waals surface area contributed by atoms with Gasteiger partial charge < -0.3 is 15.8 Å². The van der Waals surface area contributed by atoms with Crippen LogP contribution >= 0.6 is 11.6 Å². The van der Waals surface area contributed by atoms with E-state index in [0.717, 1.165) is 37.1 Å². The lowest BCUT2D eigenvalue weighted by Crippen LogP contribution is -2.31. The molecule has 39 heavy (non-hydrogen) atoms. The molecule has 2 aromatic carbocycles. The average molecular weight is 553 g/mol. The van der Waals surface area contributed by atoms with Crippen molar-refractivity contribution in [3.8, 4) is 11.4 Å². The first-order valence-corrected chi connectivity index (χ1v) is 14.2. The van der Waals surface area contributed by atoms with Crippen LogP contribution in [0.1, 0.15) is 74.6 Å². The summed E-state index contributed by atoms with van der Waals surface area (Å²) in [5.74, 6) is 1.72. The second-order valence-corrected chi connectivity index (χ2v) is 10.4. The van der Waals surface area contributed by atoms with Gasteiger partial charge in [0, 0.05) is 35.0 Å². The molecular weight excluding hydrogens is 512 g/mol. The maximum Gasteiger partial charge on any atom is 0.223 e. The minimum absolute atomic E-state index is 0.00834. The number of aromatic nitrogens is 3. The first-order valence-electron chi connectivity index (χ1n) is 13.8. The quantitative estimate of drug-likeness (QED) is 0.157. The SMILES string of the molecule is COc1ccc(-n2c(C)nnc2CC(C)C(=O)NCCCCCCCCCN)c(C(=N)c2ccc(Cl)cc2)c1. The monoisotopic (exact) mass is 552 g/mol. The second-order valence-electron chi connectivity index (χ2n) is 9.92. The Morgan fingerprint density at radius 3 is 2.38 bits per heavy atom. The van der Waals surface area contributed by atoms with E-state index in [1.54, 1.807) is 19.2 Å². The molecular formula is C30H41ClN6O2. The van der Waals surface area contributed by atoms with Crippen LogP contribution in [0.25, 0.3) is 5.69 Å². The summed E-state index contributed by atoms with van der Waals surface area (Å²) in [6.07, 6.45) is 8.47. The van der Waals surface area contributed by atoms with Crippen molar-refractivity contribution in [2.75, 3.05) is 20.2 Å². The summed E-state index contributed by atoms with van der Waals surface area (Å²) in [6, 6.07) is 12.8. The number of benzene rings is 2. The topological polar surface area (TPSA) is 119 Å². The average Bonchev–Trinajstić information content (AvgIpc) is 3.30. The zero-order chi connectivity index (χ0) is 28.2. The van der Waals surface area contributed by atoms with Crippen LogP contribution < -0.4 is 15.8 Å². The molecule has 1 unspecified atom stereocenters. The predicted octanol–water partition coefficient (Wildman–Crippen LogP) is 5.64. The zero-order valence-corrected chi connectivity index (χ0v) is 24.1. The van der Waals surface area contributed by atoms with E-state index < -0.39 is 0 Å². The molecule has 3 aromatic rings. The third-order valence-corrected chi connectivity index (χ3v) is 7.11. The number of carbonyl (C=O) groups is 1. The minimum atomic E-state index is -0.277. The lowest BCUT2D eigenvalue weighted by molar-refractivity contribution is -0.124. The molecule has 0 bridgehead atoms. The van der Waals surface area contributed by atoms with Crippen LogP contribution in [0.15, 0.2) is 42.5 Å². The standard InChI is InChI=1S/C30H41ClN6O2/c1-21(30(38)34-18-10-8-6-4-5-7-9-17-32)19-28-36-35-22(2)37(28)27-16-15-25(39-3)20-26(27)29(33)23-11-13-24(31)14-12-23/h11-16,20-21,33H,4-10,17-19,32H2,1-3H3,(H,34,38). The highest BCUT2D eigenvalue weighted by molar-refractivity contribution is 6.30. The molecule has 0 fully saturated rings. The number of aryl methyl sites for hydroxylation is 1. The Kier molecular flexibility index (Phi) is 12.0. The molecule has 210 valence electrons. The van der Waals surface area contributed by atoms with Crippen LogP contribution in [0.5, 0.6) is 5.75 Å². The van der Waals surface area contributed by atoms with Gasteiger partial charge in [-0.1, -0.05) is 62.8 Å². The lowest BCUT2D eigenvalue weighted by atomic mass is 9.99. The number of halogens is 1. The summed E-state index contributed by atoms with van der Waals surface area (Å²) in [5.41, 5.74) is 8.01. The highest BCUT2D eigenvalue weighted by atomic mass is 35.5. The molecule has 0 aliphatic rings. The van der Waals surface area contributed by atoms with Crippen molar-refractivity contribution in [1.82, 2.24) is 20.1 Å². The van der Waals surface area contributed by atoms with E-state index in [1.165, 1.54) is 25.7 Å². The lowest BCUT2D eigenvalue weighted by Gasteiger charge is -2.18. The van der Waals surface area contributed by atoms with Gasteiger partial charge in [0.1, 0.15) is 17.4 Å². The van der Waals surface area contributed by atoms with Crippen LogP contribution in [-0.4, -0.2) is 46.6 Å². The molecule has 0 aliphatic heterocycles. The molecule has 8 nitrogen and oxygen atoms in total. The molecule has 3 rings (SSSR count). The van der Waals surface area contributed by atoms with Crippen molar-refractivity contribution in [3.63, 3.8) is 0 Å². The van der Waals surface area contributed by atoms with Gasteiger partial charge in [-0.3, -0.25) is 14.8 Å². The second kappa shape index (κ2) is 15.4. The number of rotatable bonds is 16. The number of methoxy groups -OCH3 is 1. The summed E-state index contributed by atoms with van der Waals surface area (Å²) in [6.45, 7) is 5.23. The molecule has 1 aromatic heterocycles. The Hall–Kier alpha value is -3.23. The number of hydrogen-bond acceptors (Lipinski definition) is 6. The third kappa shape index (κ3) is 8.63. The molecule has 1 atom stereocenters. The Labute approximate surface area is 236 Å². The van der Waals surface area contributed by atoms with Gasteiger partial charge in [-0.15, -0.1) is 10.2 Å². The molecule has 1 amide bonds. The van der Waals surface area contributed by atoms with Crippen LogP contribution in [0.3, 0.4) is 0 Å². The van der Waals surface area contributed by atoms with Crippen LogP contribution in [-0.2, 0) is 11.2 Å². The summed E-state index contributed by atoms with van der Waals surface area (Å²) >= 11 is 6.07. The van der Waals surface area contributed by atoms with Crippen LogP contribution in [0, 0.1) is 18.3 Å². The van der Waals surface area contributed by atoms with Gasteiger partial charge in [0.25, 0.3) is 0 Å². The highest BCUT2D eigenvalue weighted by Crippen LogP contribution is 2.27. The van der Waals surface area contributed by atoms with Crippen molar-refractivity contribution in [3.05, 3.63) is 70.3 Å². The summed E-state index contributed by atoms with van der Waals surface area (Å²) in [4.78, 5) is 12.8. The van der Waals surface area contributed by atoms with E-state index in [4.69, 9.17) is 27.5 Å². The smallest absolute Gasteiger partial charge is 0.223 e. The molecule has 0 aliphatic carbocycles. The number of carbonyl (C=O) groups excluding carboxylic acids is 1. The van der Waals surface area contributed by atoms with Crippen LogP contribution in [0.2, 0.25) is 5.02 Å². The van der Waals surface area contributed by atoms with Gasteiger partial charge in [0.2, 0.25) is 5.91 Å². The van der Waals surface area contributed by atoms with Crippen molar-refractivity contribution in [2.24, 2.45) is 11.7 Å². The predicted molar refractivity (Wildman–Crippen MR) is 157 cm³/mol. The largest absolute Gasteiger partial charge is 0.497 e. The molecule has 9 heteroatoms. The fraction of sp³-hybridized carbons (Fsp3) is 0.467. The molecule has 0 spiro atoms. The van der Waals surface area contributed by atoms with Gasteiger partial charge in [0.05, 0.1) is 18.5 Å². The maximum absolute atomic E-state index is 12.8. The maximum atomic E-state index is 12.8. The molecule has 4 N–H and O–H groups in total. The van der Waals surface area contributed by atoms with Crippen LogP contribution in [0.4, 0.5) is 0 Å². The minimum Gasteiger partial charge on any atom is -0.497 e. The van der Waals surface area contributed by atoms with E-state index in [9.17, 15) is 4.79 Å². The van der Waals surface area contributed by atoms with Gasteiger partial charge in [0.15, 0.2) is 0 Å². The molecule has 0 saturated heterocycles. The van der Waals surface area contributed by atoms with Crippen molar-refractivity contribution < 1.29 is 9.53 Å². The normalized spacial score (nSPS) is 11.8. The summed E-state index contributed by atoms with van der Waals surface area (Å²) in [7, 11) is 1.60. The number of unbranched alkanes of at least 4 members (excludes halogenated alkanes) is 6. The highest BCUT2D eigenvalue weighted by Gasteiger charge is 2.22. The zero-order valence-electron chi connectivity index (χ0n) is 23.3. The van der Waals surface area contributed by atoms with E-state index >= 15 is 0 Å². The number of ether oxygens (including phenoxy) is 1. The molecule has 0 radical (unpaired) electrons. The number of amides is 1. The molecule has 0 saturated carbocycles. The third-order valence-electron chi connectivity index (χ3n) is 6.86. The van der Waals surface area contributed by atoms with E-state index in [2.05, 4.69) is 15.5 Å².